The summed E-state index contributed by atoms with van der Waals surface area (Å²) in [5, 5.41) is 11.9. The van der Waals surface area contributed by atoms with Crippen LogP contribution in [0.2, 0.25) is 0 Å². The molecule has 1 heterocycles. The lowest BCUT2D eigenvalue weighted by Crippen LogP contribution is -2.24. The Morgan fingerprint density at radius 3 is 2.81 bits per heavy atom. The number of amides is 1. The maximum atomic E-state index is 11.5. The predicted molar refractivity (Wildman–Crippen MR) is 82.2 cm³/mol. The molecule has 2 N–H and O–H groups in total. The summed E-state index contributed by atoms with van der Waals surface area (Å²) in [5.41, 5.74) is 1.75. The molecule has 0 saturated carbocycles. The first-order chi connectivity index (χ1) is 9.97. The van der Waals surface area contributed by atoms with Crippen molar-refractivity contribution in [2.75, 3.05) is 5.32 Å². The van der Waals surface area contributed by atoms with Crippen LogP contribution in [0.15, 0.2) is 36.7 Å². The van der Waals surface area contributed by atoms with Crippen LogP contribution in [0.25, 0.3) is 0 Å². The third-order valence-corrected chi connectivity index (χ3v) is 3.19. The fraction of sp³-hybridized carbons (Fsp3) is 0.375. The van der Waals surface area contributed by atoms with Gasteiger partial charge >= 0.3 is 0 Å². The second-order valence-corrected chi connectivity index (χ2v) is 5.43. The highest BCUT2D eigenvalue weighted by molar-refractivity contribution is 5.93. The first-order valence-electron chi connectivity index (χ1n) is 7.06. The van der Waals surface area contributed by atoms with E-state index in [1.807, 2.05) is 24.4 Å². The van der Waals surface area contributed by atoms with Crippen LogP contribution in [0.5, 0.6) is 0 Å². The van der Waals surface area contributed by atoms with Gasteiger partial charge in [-0.2, -0.15) is 0 Å². The van der Waals surface area contributed by atoms with Gasteiger partial charge in [0.15, 0.2) is 0 Å². The van der Waals surface area contributed by atoms with Gasteiger partial charge in [0.2, 0.25) is 0 Å². The number of nitrogens with one attached hydrogen (secondary N) is 1. The number of aromatic nitrogens is 2. The molecule has 0 radical (unpaired) electrons. The van der Waals surface area contributed by atoms with Crippen LogP contribution >= 0.6 is 0 Å². The average molecular weight is 287 g/mol. The zero-order chi connectivity index (χ0) is 15.4. The van der Waals surface area contributed by atoms with Crippen LogP contribution in [-0.4, -0.2) is 26.7 Å². The van der Waals surface area contributed by atoms with Gasteiger partial charge in [0.05, 0.1) is 0 Å². The molecule has 0 bridgehead atoms. The SMILES string of the molecule is CC(O)C(=O)Nc1cccc(Cn2ccnc2C(C)C)c1. The van der Waals surface area contributed by atoms with Gasteiger partial charge in [0.25, 0.3) is 5.91 Å². The van der Waals surface area contributed by atoms with Crippen LogP contribution in [0.1, 0.15) is 38.1 Å². The van der Waals surface area contributed by atoms with Crippen molar-refractivity contribution in [2.45, 2.75) is 39.3 Å². The molecule has 112 valence electrons. The number of nitrogens with zero attached hydrogens (tertiary/aromatic N) is 2. The van der Waals surface area contributed by atoms with E-state index in [0.29, 0.717) is 18.2 Å². The largest absolute Gasteiger partial charge is 0.384 e. The lowest BCUT2D eigenvalue weighted by atomic mass is 10.1. The Labute approximate surface area is 124 Å². The number of hydrogen-bond donors (Lipinski definition) is 2. The minimum atomic E-state index is -1.02. The Hall–Kier alpha value is -2.14. The van der Waals surface area contributed by atoms with Crippen LogP contribution in [0.3, 0.4) is 0 Å². The first-order valence-corrected chi connectivity index (χ1v) is 7.06. The van der Waals surface area contributed by atoms with Crippen molar-refractivity contribution in [3.05, 3.63) is 48.0 Å². The van der Waals surface area contributed by atoms with E-state index in [-0.39, 0.29) is 0 Å². The van der Waals surface area contributed by atoms with Gasteiger partial charge in [-0.25, -0.2) is 4.98 Å². The second-order valence-electron chi connectivity index (χ2n) is 5.43. The van der Waals surface area contributed by atoms with Gasteiger partial charge in [0, 0.05) is 30.5 Å². The summed E-state index contributed by atoms with van der Waals surface area (Å²) in [4.78, 5) is 15.9. The molecule has 21 heavy (non-hydrogen) atoms. The molecule has 0 aliphatic carbocycles. The summed E-state index contributed by atoms with van der Waals surface area (Å²) in [6, 6.07) is 7.60. The maximum absolute atomic E-state index is 11.5. The number of benzene rings is 1. The van der Waals surface area contributed by atoms with Gasteiger partial charge in [-0.1, -0.05) is 26.0 Å². The van der Waals surface area contributed by atoms with Crippen molar-refractivity contribution < 1.29 is 9.90 Å². The van der Waals surface area contributed by atoms with E-state index in [1.54, 1.807) is 12.3 Å². The normalized spacial score (nSPS) is 12.4. The molecule has 1 amide bonds. The van der Waals surface area contributed by atoms with Gasteiger partial charge < -0.3 is 15.0 Å². The Morgan fingerprint density at radius 2 is 2.14 bits per heavy atom. The van der Waals surface area contributed by atoms with Crippen LogP contribution in [0.4, 0.5) is 5.69 Å². The Bertz CT molecular complexity index is 617. The predicted octanol–water partition coefficient (Wildman–Crippen LogP) is 2.37. The van der Waals surface area contributed by atoms with Crippen molar-refractivity contribution in [2.24, 2.45) is 0 Å². The third kappa shape index (κ3) is 3.92. The molecule has 0 fully saturated rings. The zero-order valence-electron chi connectivity index (χ0n) is 12.6. The Balaban J connectivity index is 2.14. The van der Waals surface area contributed by atoms with E-state index < -0.39 is 12.0 Å². The number of carbonyl (C=O) groups excluding carboxylic acids is 1. The van der Waals surface area contributed by atoms with Gasteiger partial charge in [0.1, 0.15) is 11.9 Å². The minimum absolute atomic E-state index is 0.359. The third-order valence-electron chi connectivity index (χ3n) is 3.19. The standard InChI is InChI=1S/C16H21N3O2/c1-11(2)15-17-7-8-19(15)10-13-5-4-6-14(9-13)18-16(21)12(3)20/h4-9,11-12,20H,10H2,1-3H3,(H,18,21). The monoisotopic (exact) mass is 287 g/mol. The number of aliphatic hydroxyl groups is 1. The molecule has 1 aromatic heterocycles. The second kappa shape index (κ2) is 6.54. The molecule has 5 nitrogen and oxygen atoms in total. The van der Waals surface area contributed by atoms with Gasteiger partial charge in [-0.15, -0.1) is 0 Å². The zero-order valence-corrected chi connectivity index (χ0v) is 12.6. The lowest BCUT2D eigenvalue weighted by molar-refractivity contribution is -0.123. The number of imidazole rings is 1. The van der Waals surface area contributed by atoms with Crippen LogP contribution < -0.4 is 5.32 Å². The van der Waals surface area contributed by atoms with E-state index in [9.17, 15) is 9.90 Å². The average Bonchev–Trinajstić information content (AvgIpc) is 2.87. The Morgan fingerprint density at radius 1 is 1.38 bits per heavy atom. The number of hydrogen-bond acceptors (Lipinski definition) is 3. The molecule has 1 atom stereocenters. The molecule has 2 aromatic rings. The molecule has 0 aliphatic rings. The summed E-state index contributed by atoms with van der Waals surface area (Å²) in [7, 11) is 0. The van der Waals surface area contributed by atoms with Gasteiger partial charge in [-0.3, -0.25) is 4.79 Å². The van der Waals surface area contributed by atoms with Crippen LogP contribution in [-0.2, 0) is 11.3 Å². The molecular weight excluding hydrogens is 266 g/mol. The minimum Gasteiger partial charge on any atom is -0.384 e. The maximum Gasteiger partial charge on any atom is 0.252 e. The smallest absolute Gasteiger partial charge is 0.252 e. The Kier molecular flexibility index (Phi) is 4.75. The number of carbonyl (C=O) groups is 1. The quantitative estimate of drug-likeness (QED) is 0.887. The molecule has 0 aliphatic heterocycles. The number of aliphatic hydroxyl groups excluding tert-OH is 1. The first kappa shape index (κ1) is 15.3. The molecular formula is C16H21N3O2. The summed E-state index contributed by atoms with van der Waals surface area (Å²) < 4.78 is 2.10. The van der Waals surface area contributed by atoms with E-state index in [4.69, 9.17) is 0 Å². The molecule has 1 unspecified atom stereocenters. The molecule has 2 rings (SSSR count). The van der Waals surface area contributed by atoms with Crippen molar-refractivity contribution in [1.82, 2.24) is 9.55 Å². The summed E-state index contributed by atoms with van der Waals surface area (Å²) in [6.45, 7) is 6.36. The van der Waals surface area contributed by atoms with E-state index >= 15 is 0 Å². The van der Waals surface area contributed by atoms with Crippen molar-refractivity contribution in [1.29, 1.82) is 0 Å². The number of anilines is 1. The fourth-order valence-corrected chi connectivity index (χ4v) is 2.15. The fourth-order valence-electron chi connectivity index (χ4n) is 2.15. The summed E-state index contributed by atoms with van der Waals surface area (Å²) in [6.07, 6.45) is 2.74. The van der Waals surface area contributed by atoms with E-state index in [2.05, 4.69) is 28.7 Å². The van der Waals surface area contributed by atoms with E-state index in [1.165, 1.54) is 6.92 Å². The van der Waals surface area contributed by atoms with Crippen LogP contribution in [0, 0.1) is 0 Å². The molecule has 1 aromatic carbocycles. The van der Waals surface area contributed by atoms with E-state index in [0.717, 1.165) is 11.4 Å². The number of rotatable bonds is 5. The highest BCUT2D eigenvalue weighted by Gasteiger charge is 2.10. The molecule has 0 spiro atoms. The van der Waals surface area contributed by atoms with Gasteiger partial charge in [-0.05, 0) is 24.6 Å². The van der Waals surface area contributed by atoms with Crippen molar-refractivity contribution in [3.63, 3.8) is 0 Å². The van der Waals surface area contributed by atoms with Crippen molar-refractivity contribution >= 4 is 11.6 Å². The summed E-state index contributed by atoms with van der Waals surface area (Å²) >= 11 is 0. The highest BCUT2D eigenvalue weighted by Crippen LogP contribution is 2.16. The lowest BCUT2D eigenvalue weighted by Gasteiger charge is -2.12. The topological polar surface area (TPSA) is 67.2 Å². The molecule has 0 saturated heterocycles. The summed E-state index contributed by atoms with van der Waals surface area (Å²) in [5.74, 6) is 0.990. The van der Waals surface area contributed by atoms with Crippen molar-refractivity contribution in [3.8, 4) is 0 Å². The highest BCUT2D eigenvalue weighted by atomic mass is 16.3. The molecule has 5 heteroatoms.